The summed E-state index contributed by atoms with van der Waals surface area (Å²) in [5.74, 6) is -0.347. The number of fused-ring (bicyclic) bond motifs is 1. The highest BCUT2D eigenvalue weighted by Crippen LogP contribution is 2.27. The number of sulfonamides is 1. The Bertz CT molecular complexity index is 979. The lowest BCUT2D eigenvalue weighted by atomic mass is 10.1. The van der Waals surface area contributed by atoms with Crippen LogP contribution in [0.1, 0.15) is 25.7 Å². The maximum atomic E-state index is 12.9. The molecule has 0 unspecified atom stereocenters. The predicted molar refractivity (Wildman–Crippen MR) is 94.1 cm³/mol. The third kappa shape index (κ3) is 3.05. The smallest absolute Gasteiger partial charge is 0.408 e. The van der Waals surface area contributed by atoms with E-state index in [-0.39, 0.29) is 35.4 Å². The average molecular weight is 379 g/mol. The van der Waals surface area contributed by atoms with Gasteiger partial charge in [-0.2, -0.15) is 4.31 Å². The van der Waals surface area contributed by atoms with Gasteiger partial charge in [-0.15, -0.1) is 0 Å². The number of nitrogens with zero attached hydrogens (tertiary/aromatic N) is 2. The highest BCUT2D eigenvalue weighted by molar-refractivity contribution is 7.89. The van der Waals surface area contributed by atoms with Gasteiger partial charge in [0.05, 0.1) is 10.4 Å². The third-order valence-corrected chi connectivity index (χ3v) is 7.18. The lowest BCUT2D eigenvalue weighted by Gasteiger charge is -2.35. The topological polar surface area (TPSA) is 104 Å². The zero-order valence-electron chi connectivity index (χ0n) is 14.3. The molecule has 0 atom stereocenters. The van der Waals surface area contributed by atoms with Crippen molar-refractivity contribution in [3.63, 3.8) is 0 Å². The Morgan fingerprint density at radius 1 is 1.12 bits per heavy atom. The van der Waals surface area contributed by atoms with Gasteiger partial charge in [0.25, 0.3) is 0 Å². The van der Waals surface area contributed by atoms with E-state index in [9.17, 15) is 18.0 Å². The third-order valence-electron chi connectivity index (χ3n) is 5.28. The Kier molecular flexibility index (Phi) is 4.36. The molecule has 2 fully saturated rings. The number of piperazine rings is 1. The fourth-order valence-corrected chi connectivity index (χ4v) is 5.25. The average Bonchev–Trinajstić information content (AvgIpc) is 3.29. The van der Waals surface area contributed by atoms with E-state index in [1.807, 2.05) is 0 Å². The first kappa shape index (κ1) is 17.3. The van der Waals surface area contributed by atoms with Gasteiger partial charge in [-0.25, -0.2) is 13.2 Å². The molecule has 140 valence electrons. The Morgan fingerprint density at radius 3 is 2.50 bits per heavy atom. The molecule has 0 radical (unpaired) electrons. The zero-order valence-corrected chi connectivity index (χ0v) is 15.1. The van der Waals surface area contributed by atoms with E-state index in [2.05, 4.69) is 4.98 Å². The highest BCUT2D eigenvalue weighted by Gasteiger charge is 2.33. The molecule has 2 aliphatic rings. The summed E-state index contributed by atoms with van der Waals surface area (Å²) in [6, 6.07) is 4.34. The second kappa shape index (κ2) is 6.55. The van der Waals surface area contributed by atoms with E-state index in [0.717, 1.165) is 25.7 Å². The van der Waals surface area contributed by atoms with Gasteiger partial charge in [0, 0.05) is 38.2 Å². The van der Waals surface area contributed by atoms with E-state index >= 15 is 0 Å². The van der Waals surface area contributed by atoms with Gasteiger partial charge in [0.15, 0.2) is 5.58 Å². The molecule has 1 saturated heterocycles. The summed E-state index contributed by atoms with van der Waals surface area (Å²) < 4.78 is 32.1. The molecule has 0 bridgehead atoms. The standard InChI is InChI=1S/C17H21N3O5S/c21-16(12-3-1-2-4-12)19-7-9-20(10-8-19)26(23,24)13-5-6-14-15(11-13)25-17(22)18-14/h5-6,11-12H,1-4,7-10H2,(H,18,22). The number of rotatable bonds is 3. The Balaban J connectivity index is 1.48. The summed E-state index contributed by atoms with van der Waals surface area (Å²) in [7, 11) is -3.69. The number of H-pyrrole nitrogens is 1. The maximum absolute atomic E-state index is 12.9. The second-order valence-corrected chi connectivity index (χ2v) is 8.82. The van der Waals surface area contributed by atoms with Crippen LogP contribution in [-0.4, -0.2) is 54.7 Å². The number of aromatic amines is 1. The van der Waals surface area contributed by atoms with Crippen LogP contribution in [0.25, 0.3) is 11.1 Å². The van der Waals surface area contributed by atoms with Crippen LogP contribution in [0.2, 0.25) is 0 Å². The predicted octanol–water partition coefficient (Wildman–Crippen LogP) is 1.14. The molecule has 1 N–H and O–H groups in total. The van der Waals surface area contributed by atoms with Crippen LogP contribution in [0.5, 0.6) is 0 Å². The Morgan fingerprint density at radius 2 is 1.81 bits per heavy atom. The zero-order chi connectivity index (χ0) is 18.3. The fourth-order valence-electron chi connectivity index (χ4n) is 3.82. The normalized spacial score (nSPS) is 20.1. The van der Waals surface area contributed by atoms with E-state index < -0.39 is 15.8 Å². The van der Waals surface area contributed by atoms with Crippen LogP contribution in [0.3, 0.4) is 0 Å². The summed E-state index contributed by atoms with van der Waals surface area (Å²) in [5, 5.41) is 0. The SMILES string of the molecule is O=C(C1CCCC1)N1CCN(S(=O)(=O)c2ccc3[nH]c(=O)oc3c2)CC1. The second-order valence-electron chi connectivity index (χ2n) is 6.88. The summed E-state index contributed by atoms with van der Waals surface area (Å²) in [6.45, 7) is 1.37. The molecule has 9 heteroatoms. The van der Waals surface area contributed by atoms with Gasteiger partial charge in [-0.3, -0.25) is 9.78 Å². The largest absolute Gasteiger partial charge is 0.417 e. The number of nitrogens with one attached hydrogen (secondary N) is 1. The maximum Gasteiger partial charge on any atom is 0.417 e. The molecule has 4 rings (SSSR count). The molecule has 2 aromatic rings. The Hall–Kier alpha value is -2.13. The van der Waals surface area contributed by atoms with Crippen molar-refractivity contribution in [1.29, 1.82) is 0 Å². The number of aromatic nitrogens is 1. The van der Waals surface area contributed by atoms with Crippen molar-refractivity contribution in [2.45, 2.75) is 30.6 Å². The van der Waals surface area contributed by atoms with Gasteiger partial charge in [-0.1, -0.05) is 12.8 Å². The van der Waals surface area contributed by atoms with Crippen LogP contribution in [-0.2, 0) is 14.8 Å². The molecule has 1 saturated carbocycles. The number of oxazole rings is 1. The molecule has 1 aromatic carbocycles. The monoisotopic (exact) mass is 379 g/mol. The van der Waals surface area contributed by atoms with Crippen molar-refractivity contribution in [2.24, 2.45) is 5.92 Å². The number of hydrogen-bond acceptors (Lipinski definition) is 5. The first-order valence-corrected chi connectivity index (χ1v) is 10.3. The number of carbonyl (C=O) groups excluding carboxylic acids is 1. The fraction of sp³-hybridized carbons (Fsp3) is 0.529. The molecule has 1 aliphatic carbocycles. The molecule has 1 amide bonds. The lowest BCUT2D eigenvalue weighted by Crippen LogP contribution is -2.51. The van der Waals surface area contributed by atoms with Gasteiger partial charge < -0.3 is 9.32 Å². The lowest BCUT2D eigenvalue weighted by molar-refractivity contribution is -0.136. The number of amides is 1. The summed E-state index contributed by atoms with van der Waals surface area (Å²) in [4.78, 5) is 28.1. The van der Waals surface area contributed by atoms with Crippen molar-refractivity contribution in [1.82, 2.24) is 14.2 Å². The van der Waals surface area contributed by atoms with Gasteiger partial charge in [0.1, 0.15) is 0 Å². The summed E-state index contributed by atoms with van der Waals surface area (Å²) in [5.41, 5.74) is 0.673. The van der Waals surface area contributed by atoms with Crippen LogP contribution < -0.4 is 5.76 Å². The van der Waals surface area contributed by atoms with E-state index in [1.54, 1.807) is 4.90 Å². The molecular formula is C17H21N3O5S. The molecule has 1 aliphatic heterocycles. The quantitative estimate of drug-likeness (QED) is 0.861. The van der Waals surface area contributed by atoms with Crippen molar-refractivity contribution in [2.75, 3.05) is 26.2 Å². The van der Waals surface area contributed by atoms with Gasteiger partial charge in [0.2, 0.25) is 15.9 Å². The van der Waals surface area contributed by atoms with Crippen LogP contribution >= 0.6 is 0 Å². The number of benzene rings is 1. The molecular weight excluding hydrogens is 358 g/mol. The van der Waals surface area contributed by atoms with Crippen LogP contribution in [0, 0.1) is 5.92 Å². The number of carbonyl (C=O) groups is 1. The van der Waals surface area contributed by atoms with E-state index in [0.29, 0.717) is 18.6 Å². The first-order valence-electron chi connectivity index (χ1n) is 8.87. The molecule has 2 heterocycles. The first-order chi connectivity index (χ1) is 12.4. The van der Waals surface area contributed by atoms with E-state index in [4.69, 9.17) is 4.42 Å². The Labute approximate surface area is 150 Å². The van der Waals surface area contributed by atoms with Crippen molar-refractivity contribution >= 4 is 27.0 Å². The van der Waals surface area contributed by atoms with Crippen LogP contribution in [0.15, 0.2) is 32.3 Å². The van der Waals surface area contributed by atoms with Crippen molar-refractivity contribution < 1.29 is 17.6 Å². The minimum Gasteiger partial charge on any atom is -0.408 e. The van der Waals surface area contributed by atoms with Crippen molar-refractivity contribution in [3.8, 4) is 0 Å². The molecule has 26 heavy (non-hydrogen) atoms. The highest BCUT2D eigenvalue weighted by atomic mass is 32.2. The minimum absolute atomic E-state index is 0.0864. The van der Waals surface area contributed by atoms with Gasteiger partial charge >= 0.3 is 5.76 Å². The molecule has 1 aromatic heterocycles. The number of hydrogen-bond donors (Lipinski definition) is 1. The van der Waals surface area contributed by atoms with E-state index in [1.165, 1.54) is 22.5 Å². The molecule has 0 spiro atoms. The van der Waals surface area contributed by atoms with Crippen LogP contribution in [0.4, 0.5) is 0 Å². The van der Waals surface area contributed by atoms with Gasteiger partial charge in [-0.05, 0) is 25.0 Å². The van der Waals surface area contributed by atoms with Crippen molar-refractivity contribution in [3.05, 3.63) is 28.7 Å². The minimum atomic E-state index is -3.69. The molecule has 8 nitrogen and oxygen atoms in total. The summed E-state index contributed by atoms with van der Waals surface area (Å²) in [6.07, 6.45) is 4.09. The summed E-state index contributed by atoms with van der Waals surface area (Å²) >= 11 is 0.